The highest BCUT2D eigenvalue weighted by molar-refractivity contribution is 5.69. The summed E-state index contributed by atoms with van der Waals surface area (Å²) in [7, 11) is 0. The number of aliphatic hydroxyl groups is 7. The molecule has 14 nitrogen and oxygen atoms in total. The van der Waals surface area contributed by atoms with Crippen LogP contribution in [-0.2, 0) is 33.2 Å². The molecule has 14 heteroatoms. The Morgan fingerprint density at radius 2 is 0.929 bits per heavy atom. The molecule has 0 saturated carbocycles. The fourth-order valence-corrected chi connectivity index (χ4v) is 8.08. The summed E-state index contributed by atoms with van der Waals surface area (Å²) in [5.74, 6) is -0.388. The monoisotopic (exact) mass is 993 g/mol. The van der Waals surface area contributed by atoms with E-state index < -0.39 is 80.7 Å². The van der Waals surface area contributed by atoms with Crippen LogP contribution in [0.4, 0.5) is 0 Å². The van der Waals surface area contributed by atoms with Crippen LogP contribution in [0.5, 0.6) is 0 Å². The Labute approximate surface area is 421 Å². The molecule has 2 aliphatic rings. The minimum absolute atomic E-state index is 0.0514. The van der Waals surface area contributed by atoms with Crippen LogP contribution in [0.1, 0.15) is 174 Å². The number of unbranched alkanes of at least 4 members (excludes halogenated alkanes) is 16. The fraction of sp³-hybridized carbons (Fsp3) is 0.768. The van der Waals surface area contributed by atoms with Gasteiger partial charge in [0.25, 0.3) is 0 Å². The molecule has 0 aromatic heterocycles. The van der Waals surface area contributed by atoms with E-state index in [9.17, 15) is 40.5 Å². The minimum Gasteiger partial charge on any atom is -0.457 e. The van der Waals surface area contributed by atoms with E-state index in [0.717, 1.165) is 89.9 Å². The van der Waals surface area contributed by atoms with Crippen molar-refractivity contribution in [1.82, 2.24) is 0 Å². The first kappa shape index (κ1) is 63.5. The summed E-state index contributed by atoms with van der Waals surface area (Å²) >= 11 is 0. The van der Waals surface area contributed by atoms with Gasteiger partial charge in [-0.2, -0.15) is 0 Å². The summed E-state index contributed by atoms with van der Waals surface area (Å²) in [6.45, 7) is 3.48. The van der Waals surface area contributed by atoms with Crippen LogP contribution in [0.2, 0.25) is 0 Å². The number of esters is 1. The second kappa shape index (κ2) is 42.9. The topological polar surface area (TPSA) is 214 Å². The van der Waals surface area contributed by atoms with Crippen molar-refractivity contribution in [2.24, 2.45) is 0 Å². The second-order valence-electron chi connectivity index (χ2n) is 18.7. The van der Waals surface area contributed by atoms with E-state index in [1.165, 1.54) is 57.8 Å². The van der Waals surface area contributed by atoms with Crippen LogP contribution >= 0.6 is 0 Å². The van der Waals surface area contributed by atoms with Crippen LogP contribution in [-0.4, -0.2) is 142 Å². The van der Waals surface area contributed by atoms with Gasteiger partial charge in [-0.1, -0.05) is 164 Å². The highest BCUT2D eigenvalue weighted by Crippen LogP contribution is 2.26. The van der Waals surface area contributed by atoms with E-state index in [1.54, 1.807) is 0 Å². The number of carbonyl (C=O) groups excluding carboxylic acids is 1. The fourth-order valence-electron chi connectivity index (χ4n) is 8.08. The molecule has 2 heterocycles. The number of carbonyl (C=O) groups is 1. The van der Waals surface area contributed by atoms with Gasteiger partial charge in [-0.3, -0.25) is 4.79 Å². The SMILES string of the molecule is CC/C=C\C/C=C\C/C=C\C/C=C\C/C=C\CCCCCCCCCCCC(=O)OC(COCCCCCCCC/C=C\CCC)COC1OC(COC2OC(CO)C(O)C(O)C2O)C(O)C(O)C1O. The molecule has 0 amide bonds. The lowest BCUT2D eigenvalue weighted by Gasteiger charge is -2.42. The average molecular weight is 993 g/mol. The third-order valence-electron chi connectivity index (χ3n) is 12.4. The van der Waals surface area contributed by atoms with E-state index in [1.807, 2.05) is 0 Å². The van der Waals surface area contributed by atoms with Crippen molar-refractivity contribution in [2.75, 3.05) is 33.0 Å². The molecule has 0 aliphatic carbocycles. The molecule has 11 atom stereocenters. The van der Waals surface area contributed by atoms with Crippen LogP contribution in [0.25, 0.3) is 0 Å². The Hall–Kier alpha value is -2.57. The zero-order valence-corrected chi connectivity index (χ0v) is 43.0. The summed E-state index contributed by atoms with van der Waals surface area (Å²) in [5, 5.41) is 72.1. The molecule has 0 aromatic rings. The molecule has 70 heavy (non-hydrogen) atoms. The molecule has 2 aliphatic heterocycles. The molecule has 2 saturated heterocycles. The maximum Gasteiger partial charge on any atom is 0.306 e. The quantitative estimate of drug-likeness (QED) is 0.0173. The molecular formula is C56H96O14. The van der Waals surface area contributed by atoms with E-state index >= 15 is 0 Å². The molecular weight excluding hydrogens is 897 g/mol. The number of hydrogen-bond donors (Lipinski definition) is 7. The van der Waals surface area contributed by atoms with E-state index in [0.29, 0.717) is 13.0 Å². The summed E-state index contributed by atoms with van der Waals surface area (Å²) in [4.78, 5) is 13.0. The first-order valence-corrected chi connectivity index (χ1v) is 27.0. The van der Waals surface area contributed by atoms with Crippen LogP contribution in [0.15, 0.2) is 72.9 Å². The van der Waals surface area contributed by atoms with Crippen molar-refractivity contribution in [2.45, 2.75) is 242 Å². The smallest absolute Gasteiger partial charge is 0.306 e. The molecule has 2 fully saturated rings. The highest BCUT2D eigenvalue weighted by atomic mass is 16.7. The molecule has 0 spiro atoms. The Balaban J connectivity index is 1.70. The molecule has 0 radical (unpaired) electrons. The van der Waals surface area contributed by atoms with E-state index in [4.69, 9.17) is 28.4 Å². The normalized spacial score (nSPS) is 26.1. The molecule has 11 unspecified atom stereocenters. The molecule has 7 N–H and O–H groups in total. The summed E-state index contributed by atoms with van der Waals surface area (Å²) in [5.41, 5.74) is 0. The van der Waals surface area contributed by atoms with Crippen molar-refractivity contribution >= 4 is 5.97 Å². The van der Waals surface area contributed by atoms with Gasteiger partial charge in [0.1, 0.15) is 54.9 Å². The van der Waals surface area contributed by atoms with Gasteiger partial charge in [-0.25, -0.2) is 0 Å². The molecule has 0 bridgehead atoms. The lowest BCUT2D eigenvalue weighted by Crippen LogP contribution is -2.61. The van der Waals surface area contributed by atoms with Crippen LogP contribution in [0, 0.1) is 0 Å². The standard InChI is InChI=1S/C56H96O14/c1-3-5-7-9-11-13-15-16-17-18-19-20-21-22-23-24-25-26-27-28-29-31-33-35-37-39-48(58)68-45(42-65-40-38-36-34-32-30-14-12-10-8-6-4-2)43-66-55-54(64)52(62)50(60)47(70-55)44-67-56-53(63)51(61)49(59)46(41-57)69-56/h5,7-8,10-11,13,16-17,19-20,22-23,45-47,49-57,59-64H,3-4,6,9,12,14-15,18,21,24-44H2,1-2H3/b7-5-,10-8-,13-11-,17-16-,20-19-,23-22-. The van der Waals surface area contributed by atoms with Gasteiger partial charge in [0.2, 0.25) is 0 Å². The largest absolute Gasteiger partial charge is 0.457 e. The Morgan fingerprint density at radius 3 is 1.47 bits per heavy atom. The summed E-state index contributed by atoms with van der Waals surface area (Å²) < 4.78 is 34.3. The molecule has 2 rings (SSSR count). The first-order chi connectivity index (χ1) is 34.1. The summed E-state index contributed by atoms with van der Waals surface area (Å²) in [6, 6.07) is 0. The average Bonchev–Trinajstić information content (AvgIpc) is 3.36. The van der Waals surface area contributed by atoms with Gasteiger partial charge in [-0.15, -0.1) is 0 Å². The lowest BCUT2D eigenvalue weighted by molar-refractivity contribution is -0.332. The van der Waals surface area contributed by atoms with Gasteiger partial charge in [-0.05, 0) is 77.0 Å². The first-order valence-electron chi connectivity index (χ1n) is 27.0. The Bertz CT molecular complexity index is 1430. The maximum atomic E-state index is 13.0. The number of allylic oxidation sites excluding steroid dienone is 12. The predicted molar refractivity (Wildman–Crippen MR) is 275 cm³/mol. The number of hydrogen-bond acceptors (Lipinski definition) is 14. The van der Waals surface area contributed by atoms with E-state index in [2.05, 4.69) is 86.8 Å². The number of aliphatic hydroxyl groups excluding tert-OH is 7. The van der Waals surface area contributed by atoms with Gasteiger partial charge in [0, 0.05) is 13.0 Å². The molecule has 0 aromatic carbocycles. The maximum absolute atomic E-state index is 13.0. The van der Waals surface area contributed by atoms with Crippen LogP contribution in [0.3, 0.4) is 0 Å². The Kier molecular flexibility index (Phi) is 38.9. The highest BCUT2D eigenvalue weighted by Gasteiger charge is 2.47. The number of rotatable bonds is 42. The van der Waals surface area contributed by atoms with Crippen molar-refractivity contribution in [3.05, 3.63) is 72.9 Å². The lowest BCUT2D eigenvalue weighted by atomic mass is 9.98. The Morgan fingerprint density at radius 1 is 0.486 bits per heavy atom. The zero-order chi connectivity index (χ0) is 50.9. The third-order valence-corrected chi connectivity index (χ3v) is 12.4. The third kappa shape index (κ3) is 29.8. The van der Waals surface area contributed by atoms with Gasteiger partial charge in [0.15, 0.2) is 12.6 Å². The van der Waals surface area contributed by atoms with Gasteiger partial charge in [0.05, 0.1) is 26.4 Å². The van der Waals surface area contributed by atoms with Crippen LogP contribution < -0.4 is 0 Å². The van der Waals surface area contributed by atoms with Crippen molar-refractivity contribution in [1.29, 1.82) is 0 Å². The number of ether oxygens (including phenoxy) is 6. The van der Waals surface area contributed by atoms with Gasteiger partial charge >= 0.3 is 5.97 Å². The minimum atomic E-state index is -1.71. The predicted octanol–water partition coefficient (Wildman–Crippen LogP) is 8.68. The summed E-state index contributed by atoms with van der Waals surface area (Å²) in [6.07, 6.45) is 36.8. The van der Waals surface area contributed by atoms with Crippen molar-refractivity contribution in [3.63, 3.8) is 0 Å². The zero-order valence-electron chi connectivity index (χ0n) is 43.0. The van der Waals surface area contributed by atoms with Crippen molar-refractivity contribution in [3.8, 4) is 0 Å². The second-order valence-corrected chi connectivity index (χ2v) is 18.7. The van der Waals surface area contributed by atoms with Crippen molar-refractivity contribution < 1.29 is 69.0 Å². The van der Waals surface area contributed by atoms with Gasteiger partial charge < -0.3 is 64.2 Å². The van der Waals surface area contributed by atoms with E-state index in [-0.39, 0.29) is 25.6 Å². The molecule has 404 valence electrons.